The van der Waals surface area contributed by atoms with Gasteiger partial charge in [0.25, 0.3) is 5.91 Å². The number of hydrogen-bond donors (Lipinski definition) is 2. The summed E-state index contributed by atoms with van der Waals surface area (Å²) in [7, 11) is 0. The second kappa shape index (κ2) is 7.98. The van der Waals surface area contributed by atoms with E-state index < -0.39 is 0 Å². The third kappa shape index (κ3) is 6.58. The first-order chi connectivity index (χ1) is 9.85. The van der Waals surface area contributed by atoms with Crippen molar-refractivity contribution in [1.29, 1.82) is 0 Å². The molecule has 1 unspecified atom stereocenters. The molecule has 1 aromatic rings. The maximum absolute atomic E-state index is 12.0. The molecule has 0 aliphatic heterocycles. The van der Waals surface area contributed by atoms with Gasteiger partial charge in [0, 0.05) is 25.4 Å². The maximum atomic E-state index is 12.0. The number of nitrogens with zero attached hydrogens (tertiary/aromatic N) is 1. The largest absolute Gasteiger partial charge is 0.472 e. The van der Waals surface area contributed by atoms with Gasteiger partial charge in [0.15, 0.2) is 0 Å². The molecule has 1 rings (SSSR count). The Kier molecular flexibility index (Phi) is 6.62. The van der Waals surface area contributed by atoms with Crippen molar-refractivity contribution in [2.24, 2.45) is 5.92 Å². The molecule has 0 aromatic carbocycles. The van der Waals surface area contributed by atoms with Gasteiger partial charge in [-0.2, -0.15) is 0 Å². The molecule has 0 aliphatic rings. The Balaban J connectivity index is 2.55. The first-order valence-electron chi connectivity index (χ1n) is 7.40. The summed E-state index contributed by atoms with van der Waals surface area (Å²) in [6.45, 7) is 8.60. The topological polar surface area (TPSA) is 71.5 Å². The fourth-order valence-electron chi connectivity index (χ4n) is 1.86. The molecule has 0 aliphatic carbocycles. The highest BCUT2D eigenvalue weighted by Crippen LogP contribution is 2.15. The van der Waals surface area contributed by atoms with E-state index in [0.717, 1.165) is 6.42 Å². The zero-order valence-electron chi connectivity index (χ0n) is 13.3. The van der Waals surface area contributed by atoms with Gasteiger partial charge >= 0.3 is 0 Å². The van der Waals surface area contributed by atoms with Crippen LogP contribution in [0, 0.1) is 5.92 Å². The molecule has 0 saturated carbocycles. The molecule has 5 nitrogen and oxygen atoms in total. The number of carbonyl (C=O) groups is 1. The minimum absolute atomic E-state index is 0.148. The summed E-state index contributed by atoms with van der Waals surface area (Å²) in [5.41, 5.74) is 0.199. The van der Waals surface area contributed by atoms with Crippen LogP contribution in [0.2, 0.25) is 0 Å². The molecule has 0 spiro atoms. The molecular formula is C16H26N2O3. The number of aromatic nitrogens is 1. The Labute approximate surface area is 126 Å². The monoisotopic (exact) mass is 294 g/mol. The molecule has 2 N–H and O–H groups in total. The van der Waals surface area contributed by atoms with Crippen LogP contribution in [-0.4, -0.2) is 34.8 Å². The SMILES string of the molecule is CCC(CCO)CNC(=O)c1ccc(OC(C)(C)C)nc1. The number of hydrogen-bond acceptors (Lipinski definition) is 4. The number of nitrogens with one attached hydrogen (secondary N) is 1. The first-order valence-corrected chi connectivity index (χ1v) is 7.40. The normalized spacial score (nSPS) is 12.8. The summed E-state index contributed by atoms with van der Waals surface area (Å²) < 4.78 is 5.61. The molecular weight excluding hydrogens is 268 g/mol. The molecule has 1 atom stereocenters. The van der Waals surface area contributed by atoms with Crippen molar-refractivity contribution in [3.05, 3.63) is 23.9 Å². The highest BCUT2D eigenvalue weighted by molar-refractivity contribution is 5.93. The van der Waals surface area contributed by atoms with E-state index in [2.05, 4.69) is 10.3 Å². The van der Waals surface area contributed by atoms with Crippen molar-refractivity contribution < 1.29 is 14.6 Å². The van der Waals surface area contributed by atoms with Gasteiger partial charge in [-0.25, -0.2) is 4.98 Å². The predicted octanol–water partition coefficient (Wildman–Crippen LogP) is 2.40. The van der Waals surface area contributed by atoms with Crippen LogP contribution in [0.15, 0.2) is 18.3 Å². The van der Waals surface area contributed by atoms with Crippen molar-refractivity contribution >= 4 is 5.91 Å². The summed E-state index contributed by atoms with van der Waals surface area (Å²) in [5.74, 6) is 0.655. The zero-order chi connectivity index (χ0) is 15.9. The standard InChI is InChI=1S/C16H26N2O3/c1-5-12(8-9-19)10-18-15(20)13-6-7-14(17-11-13)21-16(2,3)4/h6-7,11-12,19H,5,8-10H2,1-4H3,(H,18,20). The molecule has 1 amide bonds. The van der Waals surface area contributed by atoms with Crippen molar-refractivity contribution in [1.82, 2.24) is 10.3 Å². The summed E-state index contributed by atoms with van der Waals surface area (Å²) in [6.07, 6.45) is 3.15. The van der Waals surface area contributed by atoms with Gasteiger partial charge in [-0.05, 0) is 39.2 Å². The van der Waals surface area contributed by atoms with E-state index in [4.69, 9.17) is 9.84 Å². The Morgan fingerprint density at radius 1 is 1.43 bits per heavy atom. The Bertz CT molecular complexity index is 438. The van der Waals surface area contributed by atoms with E-state index in [-0.39, 0.29) is 18.1 Å². The van der Waals surface area contributed by atoms with Crippen LogP contribution in [0.5, 0.6) is 5.88 Å². The molecule has 21 heavy (non-hydrogen) atoms. The van der Waals surface area contributed by atoms with Crippen molar-refractivity contribution in [2.45, 2.75) is 46.1 Å². The van der Waals surface area contributed by atoms with Gasteiger partial charge in [-0.15, -0.1) is 0 Å². The van der Waals surface area contributed by atoms with Gasteiger partial charge in [0.2, 0.25) is 5.88 Å². The lowest BCUT2D eigenvalue weighted by Gasteiger charge is -2.20. The summed E-state index contributed by atoms with van der Waals surface area (Å²) >= 11 is 0. The third-order valence-corrected chi connectivity index (χ3v) is 3.08. The van der Waals surface area contributed by atoms with Gasteiger partial charge in [-0.3, -0.25) is 4.79 Å². The number of ether oxygens (including phenoxy) is 1. The summed E-state index contributed by atoms with van der Waals surface area (Å²) in [5, 5.41) is 11.8. The second-order valence-electron chi connectivity index (χ2n) is 6.10. The summed E-state index contributed by atoms with van der Waals surface area (Å²) in [4.78, 5) is 16.2. The van der Waals surface area contributed by atoms with Crippen LogP contribution < -0.4 is 10.1 Å². The molecule has 118 valence electrons. The van der Waals surface area contributed by atoms with Gasteiger partial charge < -0.3 is 15.2 Å². The number of aliphatic hydroxyl groups is 1. The lowest BCUT2D eigenvalue weighted by atomic mass is 10.0. The number of rotatable bonds is 7. The molecule has 0 fully saturated rings. The van der Waals surface area contributed by atoms with E-state index in [9.17, 15) is 4.79 Å². The van der Waals surface area contributed by atoms with Gasteiger partial charge in [0.05, 0.1) is 5.56 Å². The third-order valence-electron chi connectivity index (χ3n) is 3.08. The first kappa shape index (κ1) is 17.4. The summed E-state index contributed by atoms with van der Waals surface area (Å²) in [6, 6.07) is 3.40. The molecule has 1 heterocycles. The van der Waals surface area contributed by atoms with Gasteiger partial charge in [-0.1, -0.05) is 13.3 Å². The van der Waals surface area contributed by atoms with E-state index >= 15 is 0 Å². The Morgan fingerprint density at radius 3 is 2.62 bits per heavy atom. The van der Waals surface area contributed by atoms with Crippen LogP contribution in [0.25, 0.3) is 0 Å². The van der Waals surface area contributed by atoms with E-state index in [0.29, 0.717) is 30.3 Å². The van der Waals surface area contributed by atoms with Crippen LogP contribution >= 0.6 is 0 Å². The number of aliphatic hydroxyl groups excluding tert-OH is 1. The molecule has 0 saturated heterocycles. The van der Waals surface area contributed by atoms with Crippen molar-refractivity contribution in [2.75, 3.05) is 13.2 Å². The van der Waals surface area contributed by atoms with Gasteiger partial charge in [0.1, 0.15) is 5.60 Å². The number of pyridine rings is 1. The molecule has 1 aromatic heterocycles. The molecule has 0 radical (unpaired) electrons. The maximum Gasteiger partial charge on any atom is 0.252 e. The quantitative estimate of drug-likeness (QED) is 0.810. The van der Waals surface area contributed by atoms with Crippen LogP contribution in [-0.2, 0) is 0 Å². The minimum atomic E-state index is -0.310. The molecule has 0 bridgehead atoms. The predicted molar refractivity (Wildman–Crippen MR) is 82.4 cm³/mol. The van der Waals surface area contributed by atoms with E-state index in [1.807, 2.05) is 27.7 Å². The Morgan fingerprint density at radius 2 is 2.14 bits per heavy atom. The second-order valence-corrected chi connectivity index (χ2v) is 6.10. The van der Waals surface area contributed by atoms with Crippen molar-refractivity contribution in [3.8, 4) is 5.88 Å². The minimum Gasteiger partial charge on any atom is -0.472 e. The smallest absolute Gasteiger partial charge is 0.252 e. The Hall–Kier alpha value is -1.62. The van der Waals surface area contributed by atoms with E-state index in [1.165, 1.54) is 6.20 Å². The van der Waals surface area contributed by atoms with E-state index in [1.54, 1.807) is 12.1 Å². The fourth-order valence-corrected chi connectivity index (χ4v) is 1.86. The van der Waals surface area contributed by atoms with Crippen LogP contribution in [0.3, 0.4) is 0 Å². The molecule has 5 heteroatoms. The lowest BCUT2D eigenvalue weighted by molar-refractivity contribution is 0.0942. The average Bonchev–Trinajstić information content (AvgIpc) is 2.42. The number of amides is 1. The fraction of sp³-hybridized carbons (Fsp3) is 0.625. The van der Waals surface area contributed by atoms with Crippen LogP contribution in [0.1, 0.15) is 50.9 Å². The highest BCUT2D eigenvalue weighted by atomic mass is 16.5. The lowest BCUT2D eigenvalue weighted by Crippen LogP contribution is -2.29. The average molecular weight is 294 g/mol. The van der Waals surface area contributed by atoms with Crippen molar-refractivity contribution in [3.63, 3.8) is 0 Å². The zero-order valence-corrected chi connectivity index (χ0v) is 13.3. The highest BCUT2D eigenvalue weighted by Gasteiger charge is 2.14. The van der Waals surface area contributed by atoms with Crippen LogP contribution in [0.4, 0.5) is 0 Å². The number of carbonyl (C=O) groups excluding carboxylic acids is 1.